The molecule has 1 N–H and O–H groups in total. The fourth-order valence-electron chi connectivity index (χ4n) is 1.67. The predicted octanol–water partition coefficient (Wildman–Crippen LogP) is 1.39. The molecule has 0 unspecified atom stereocenters. The van der Waals surface area contributed by atoms with Crippen LogP contribution in [0.3, 0.4) is 0 Å². The average Bonchev–Trinajstić information content (AvgIpc) is 2.64. The molecule has 0 saturated carbocycles. The average molecular weight is 219 g/mol. The highest BCUT2D eigenvalue weighted by Crippen LogP contribution is 2.13. The maximum Gasteiger partial charge on any atom is 0.340 e. The molecule has 1 atom stereocenters. The minimum atomic E-state index is -0.473. The summed E-state index contributed by atoms with van der Waals surface area (Å²) in [4.78, 5) is 22.7. The molecule has 1 aromatic carbocycles. The van der Waals surface area contributed by atoms with Crippen molar-refractivity contribution in [2.24, 2.45) is 0 Å². The van der Waals surface area contributed by atoms with Crippen molar-refractivity contribution in [3.63, 3.8) is 0 Å². The second kappa shape index (κ2) is 4.35. The van der Waals surface area contributed by atoms with Gasteiger partial charge in [-0.05, 0) is 18.6 Å². The van der Waals surface area contributed by atoms with Crippen LogP contribution in [0.2, 0.25) is 0 Å². The SMILES string of the molecule is Cc1ccccc1C(=O)O[C@H]1CCC(=O)N1. The summed E-state index contributed by atoms with van der Waals surface area (Å²) in [6, 6.07) is 7.22. The summed E-state index contributed by atoms with van der Waals surface area (Å²) in [7, 11) is 0. The van der Waals surface area contributed by atoms with E-state index in [0.29, 0.717) is 18.4 Å². The Hall–Kier alpha value is -1.84. The highest BCUT2D eigenvalue weighted by molar-refractivity contribution is 5.91. The van der Waals surface area contributed by atoms with Crippen LogP contribution < -0.4 is 5.32 Å². The number of aryl methyl sites for hydroxylation is 1. The Morgan fingerprint density at radius 1 is 1.44 bits per heavy atom. The first-order valence-corrected chi connectivity index (χ1v) is 5.23. The van der Waals surface area contributed by atoms with Crippen LogP contribution in [-0.4, -0.2) is 18.1 Å². The van der Waals surface area contributed by atoms with E-state index in [9.17, 15) is 9.59 Å². The van der Waals surface area contributed by atoms with E-state index in [1.54, 1.807) is 12.1 Å². The highest BCUT2D eigenvalue weighted by atomic mass is 16.6. The zero-order chi connectivity index (χ0) is 11.5. The summed E-state index contributed by atoms with van der Waals surface area (Å²) >= 11 is 0. The van der Waals surface area contributed by atoms with Crippen molar-refractivity contribution in [1.82, 2.24) is 5.32 Å². The molecule has 2 rings (SSSR count). The van der Waals surface area contributed by atoms with Crippen LogP contribution in [0.4, 0.5) is 0 Å². The fourth-order valence-corrected chi connectivity index (χ4v) is 1.67. The van der Waals surface area contributed by atoms with Gasteiger partial charge in [0, 0.05) is 12.8 Å². The fraction of sp³-hybridized carbons (Fsp3) is 0.333. The second-order valence-corrected chi connectivity index (χ2v) is 3.82. The number of amides is 1. The molecule has 1 aliphatic rings. The summed E-state index contributed by atoms with van der Waals surface area (Å²) in [5.41, 5.74) is 1.42. The van der Waals surface area contributed by atoms with Gasteiger partial charge in [0.1, 0.15) is 0 Å². The molecule has 1 fully saturated rings. The summed E-state index contributed by atoms with van der Waals surface area (Å²) in [5.74, 6) is -0.451. The first-order valence-electron chi connectivity index (χ1n) is 5.23. The van der Waals surface area contributed by atoms with Gasteiger partial charge in [0.05, 0.1) is 5.56 Å². The van der Waals surface area contributed by atoms with Crippen molar-refractivity contribution in [2.75, 3.05) is 0 Å². The molecule has 16 heavy (non-hydrogen) atoms. The lowest BCUT2D eigenvalue weighted by atomic mass is 10.1. The molecule has 1 heterocycles. The number of benzene rings is 1. The number of nitrogens with one attached hydrogen (secondary N) is 1. The number of hydrogen-bond acceptors (Lipinski definition) is 3. The number of hydrogen-bond donors (Lipinski definition) is 1. The largest absolute Gasteiger partial charge is 0.438 e. The lowest BCUT2D eigenvalue weighted by Crippen LogP contribution is -2.30. The van der Waals surface area contributed by atoms with Gasteiger partial charge in [-0.3, -0.25) is 4.79 Å². The molecular formula is C12H13NO3. The van der Waals surface area contributed by atoms with Crippen LogP contribution in [-0.2, 0) is 9.53 Å². The summed E-state index contributed by atoms with van der Waals surface area (Å²) in [5, 5.41) is 2.59. The van der Waals surface area contributed by atoms with Crippen LogP contribution in [0.15, 0.2) is 24.3 Å². The van der Waals surface area contributed by atoms with Crippen molar-refractivity contribution in [3.05, 3.63) is 35.4 Å². The molecular weight excluding hydrogens is 206 g/mol. The highest BCUT2D eigenvalue weighted by Gasteiger charge is 2.24. The van der Waals surface area contributed by atoms with Crippen LogP contribution in [0.25, 0.3) is 0 Å². The van der Waals surface area contributed by atoms with Gasteiger partial charge >= 0.3 is 5.97 Å². The maximum atomic E-state index is 11.8. The first kappa shape index (κ1) is 10.7. The molecule has 0 aliphatic carbocycles. The zero-order valence-electron chi connectivity index (χ0n) is 9.03. The van der Waals surface area contributed by atoms with Crippen LogP contribution >= 0.6 is 0 Å². The van der Waals surface area contributed by atoms with Crippen molar-refractivity contribution in [2.45, 2.75) is 26.0 Å². The van der Waals surface area contributed by atoms with Gasteiger partial charge in [-0.1, -0.05) is 18.2 Å². The molecule has 4 heteroatoms. The number of esters is 1. The number of carbonyl (C=O) groups excluding carboxylic acids is 2. The molecule has 1 saturated heterocycles. The Balaban J connectivity index is 2.03. The van der Waals surface area contributed by atoms with E-state index in [-0.39, 0.29) is 11.9 Å². The van der Waals surface area contributed by atoms with Crippen LogP contribution in [0.1, 0.15) is 28.8 Å². The third-order valence-corrected chi connectivity index (χ3v) is 2.57. The number of rotatable bonds is 2. The van der Waals surface area contributed by atoms with Gasteiger partial charge in [0.2, 0.25) is 5.91 Å². The molecule has 84 valence electrons. The Morgan fingerprint density at radius 2 is 2.19 bits per heavy atom. The van der Waals surface area contributed by atoms with E-state index in [1.165, 1.54) is 0 Å². The Morgan fingerprint density at radius 3 is 2.81 bits per heavy atom. The van der Waals surface area contributed by atoms with Crippen molar-refractivity contribution in [3.8, 4) is 0 Å². The molecule has 1 amide bonds. The predicted molar refractivity (Wildman–Crippen MR) is 57.8 cm³/mol. The van der Waals surface area contributed by atoms with E-state index >= 15 is 0 Å². The normalized spacial score (nSPS) is 19.3. The van der Waals surface area contributed by atoms with Crippen molar-refractivity contribution in [1.29, 1.82) is 0 Å². The molecule has 0 radical (unpaired) electrons. The monoisotopic (exact) mass is 219 g/mol. The Labute approximate surface area is 93.6 Å². The Bertz CT molecular complexity index is 428. The number of ether oxygens (including phenoxy) is 1. The lowest BCUT2D eigenvalue weighted by molar-refractivity contribution is -0.120. The van der Waals surface area contributed by atoms with E-state index in [2.05, 4.69) is 5.32 Å². The third-order valence-electron chi connectivity index (χ3n) is 2.57. The second-order valence-electron chi connectivity index (χ2n) is 3.82. The van der Waals surface area contributed by atoms with E-state index in [0.717, 1.165) is 5.56 Å². The Kier molecular flexibility index (Phi) is 2.90. The maximum absolute atomic E-state index is 11.8. The molecule has 0 spiro atoms. The first-order chi connectivity index (χ1) is 7.66. The quantitative estimate of drug-likeness (QED) is 0.765. The van der Waals surface area contributed by atoms with Gasteiger partial charge < -0.3 is 10.1 Å². The van der Waals surface area contributed by atoms with Crippen LogP contribution in [0, 0.1) is 6.92 Å². The van der Waals surface area contributed by atoms with Crippen molar-refractivity contribution < 1.29 is 14.3 Å². The minimum absolute atomic E-state index is 0.0671. The summed E-state index contributed by atoms with van der Waals surface area (Å²) in [6.45, 7) is 1.85. The van der Waals surface area contributed by atoms with E-state index < -0.39 is 6.23 Å². The molecule has 4 nitrogen and oxygen atoms in total. The third kappa shape index (κ3) is 2.21. The molecule has 0 aromatic heterocycles. The van der Waals surface area contributed by atoms with Gasteiger partial charge in [-0.25, -0.2) is 4.79 Å². The summed E-state index contributed by atoms with van der Waals surface area (Å²) in [6.07, 6.45) is 0.502. The van der Waals surface area contributed by atoms with Gasteiger partial charge in [-0.15, -0.1) is 0 Å². The zero-order valence-corrected chi connectivity index (χ0v) is 9.03. The standard InChI is InChI=1S/C12H13NO3/c1-8-4-2-3-5-9(8)12(15)16-11-7-6-10(14)13-11/h2-5,11H,6-7H2,1H3,(H,13,14)/t11-/m0/s1. The molecule has 1 aromatic rings. The topological polar surface area (TPSA) is 55.4 Å². The van der Waals surface area contributed by atoms with Crippen molar-refractivity contribution >= 4 is 11.9 Å². The van der Waals surface area contributed by atoms with Gasteiger partial charge in [-0.2, -0.15) is 0 Å². The minimum Gasteiger partial charge on any atom is -0.438 e. The smallest absolute Gasteiger partial charge is 0.340 e. The van der Waals surface area contributed by atoms with Crippen LogP contribution in [0.5, 0.6) is 0 Å². The number of carbonyl (C=O) groups is 2. The lowest BCUT2D eigenvalue weighted by Gasteiger charge is -2.12. The molecule has 0 bridgehead atoms. The summed E-state index contributed by atoms with van der Waals surface area (Å²) < 4.78 is 5.18. The molecule has 1 aliphatic heterocycles. The van der Waals surface area contributed by atoms with Gasteiger partial charge in [0.25, 0.3) is 0 Å². The van der Waals surface area contributed by atoms with Gasteiger partial charge in [0.15, 0.2) is 6.23 Å². The van der Waals surface area contributed by atoms with E-state index in [1.807, 2.05) is 19.1 Å². The van der Waals surface area contributed by atoms with E-state index in [4.69, 9.17) is 4.74 Å².